The molecule has 0 aromatic heterocycles. The van der Waals surface area contributed by atoms with Gasteiger partial charge in [-0.25, -0.2) is 8.78 Å². The van der Waals surface area contributed by atoms with E-state index in [2.05, 4.69) is 19.2 Å². The van der Waals surface area contributed by atoms with E-state index in [0.717, 1.165) is 13.0 Å². The van der Waals surface area contributed by atoms with E-state index in [0.29, 0.717) is 12.5 Å². The third-order valence-corrected chi connectivity index (χ3v) is 3.11. The molecule has 0 spiro atoms. The molecule has 2 nitrogen and oxygen atoms in total. The summed E-state index contributed by atoms with van der Waals surface area (Å²) in [7, 11) is 0. The van der Waals surface area contributed by atoms with E-state index in [-0.39, 0.29) is 11.7 Å². The molecule has 1 aromatic rings. The van der Waals surface area contributed by atoms with Crippen LogP contribution in [0.1, 0.15) is 31.9 Å². The molecule has 18 heavy (non-hydrogen) atoms. The van der Waals surface area contributed by atoms with Crippen molar-refractivity contribution in [1.29, 1.82) is 0 Å². The summed E-state index contributed by atoms with van der Waals surface area (Å²) in [5, 5.41) is 3.18. The topological polar surface area (TPSA) is 21.3 Å². The van der Waals surface area contributed by atoms with E-state index in [1.807, 2.05) is 0 Å². The zero-order valence-electron chi connectivity index (χ0n) is 10.7. The van der Waals surface area contributed by atoms with Gasteiger partial charge in [-0.1, -0.05) is 19.9 Å². The molecular formula is C14H19F2NO. The minimum absolute atomic E-state index is 0.0164. The van der Waals surface area contributed by atoms with Gasteiger partial charge >= 0.3 is 0 Å². The Morgan fingerprint density at radius 2 is 1.94 bits per heavy atom. The summed E-state index contributed by atoms with van der Waals surface area (Å²) in [4.78, 5) is 0. The molecular weight excluding hydrogens is 236 g/mol. The van der Waals surface area contributed by atoms with Gasteiger partial charge in [0.2, 0.25) is 0 Å². The second-order valence-electron chi connectivity index (χ2n) is 5.17. The number of hydrogen-bond acceptors (Lipinski definition) is 2. The molecule has 100 valence electrons. The maximum atomic E-state index is 13.7. The first kappa shape index (κ1) is 13.4. The van der Waals surface area contributed by atoms with Crippen molar-refractivity contribution in [3.8, 4) is 0 Å². The summed E-state index contributed by atoms with van der Waals surface area (Å²) in [5.41, 5.74) is 0.0402. The van der Waals surface area contributed by atoms with E-state index in [1.165, 1.54) is 18.2 Å². The van der Waals surface area contributed by atoms with E-state index >= 15 is 0 Å². The second kappa shape index (κ2) is 5.76. The number of morpholine rings is 1. The molecule has 0 radical (unpaired) electrons. The third kappa shape index (κ3) is 3.06. The predicted octanol–water partition coefficient (Wildman–Crippen LogP) is 3.04. The van der Waals surface area contributed by atoms with Crippen molar-refractivity contribution in [2.24, 2.45) is 5.92 Å². The minimum atomic E-state index is -0.538. The largest absolute Gasteiger partial charge is 0.367 e. The highest BCUT2D eigenvalue weighted by molar-refractivity contribution is 5.23. The van der Waals surface area contributed by atoms with Crippen LogP contribution >= 0.6 is 0 Å². The molecule has 4 heteroatoms. The molecule has 1 N–H and O–H groups in total. The van der Waals surface area contributed by atoms with Crippen molar-refractivity contribution >= 4 is 0 Å². The van der Waals surface area contributed by atoms with Gasteiger partial charge in [0.1, 0.15) is 17.7 Å². The number of ether oxygens (including phenoxy) is 1. The fourth-order valence-electron chi connectivity index (χ4n) is 2.36. The molecule has 0 amide bonds. The number of rotatable bonds is 3. The van der Waals surface area contributed by atoms with Crippen molar-refractivity contribution < 1.29 is 13.5 Å². The second-order valence-corrected chi connectivity index (χ2v) is 5.17. The van der Waals surface area contributed by atoms with Crippen molar-refractivity contribution in [1.82, 2.24) is 5.32 Å². The lowest BCUT2D eigenvalue weighted by molar-refractivity contribution is -0.0503. The van der Waals surface area contributed by atoms with Gasteiger partial charge in [0.25, 0.3) is 0 Å². The van der Waals surface area contributed by atoms with Crippen molar-refractivity contribution in [2.75, 3.05) is 13.1 Å². The molecule has 2 rings (SSSR count). The van der Waals surface area contributed by atoms with Gasteiger partial charge in [-0.2, -0.15) is 0 Å². The van der Waals surface area contributed by atoms with E-state index < -0.39 is 17.7 Å². The van der Waals surface area contributed by atoms with Gasteiger partial charge in [-0.05, 0) is 24.5 Å². The normalized spacial score (nSPS) is 24.5. The van der Waals surface area contributed by atoms with Crippen LogP contribution in [0.25, 0.3) is 0 Å². The van der Waals surface area contributed by atoms with Crippen LogP contribution in [0.4, 0.5) is 8.78 Å². The van der Waals surface area contributed by atoms with E-state index in [9.17, 15) is 8.78 Å². The standard InChI is InChI=1S/C14H19F2NO/c1-9(2)6-10-7-17-8-13(18-10)14-11(15)4-3-5-12(14)16/h3-5,9-10,13,17H,6-8H2,1-2H3. The fraction of sp³-hybridized carbons (Fsp3) is 0.571. The highest BCUT2D eigenvalue weighted by Gasteiger charge is 2.28. The molecule has 0 aliphatic carbocycles. The molecule has 1 aliphatic heterocycles. The summed E-state index contributed by atoms with van der Waals surface area (Å²) in [6.45, 7) is 5.41. The number of halogens is 2. The lowest BCUT2D eigenvalue weighted by Crippen LogP contribution is -2.41. The first-order valence-corrected chi connectivity index (χ1v) is 6.38. The average Bonchev–Trinajstić information content (AvgIpc) is 2.28. The Kier molecular flexibility index (Phi) is 4.30. The van der Waals surface area contributed by atoms with E-state index in [1.54, 1.807) is 0 Å². The van der Waals surface area contributed by atoms with Crippen LogP contribution in [-0.2, 0) is 4.74 Å². The molecule has 0 bridgehead atoms. The smallest absolute Gasteiger partial charge is 0.132 e. The monoisotopic (exact) mass is 255 g/mol. The van der Waals surface area contributed by atoms with Gasteiger partial charge in [-0.15, -0.1) is 0 Å². The Bertz CT molecular complexity index is 389. The van der Waals surface area contributed by atoms with Gasteiger partial charge in [0.05, 0.1) is 11.7 Å². The first-order valence-electron chi connectivity index (χ1n) is 6.38. The SMILES string of the molecule is CC(C)CC1CNCC(c2c(F)cccc2F)O1. The summed E-state index contributed by atoms with van der Waals surface area (Å²) in [6, 6.07) is 3.91. The van der Waals surface area contributed by atoms with Crippen LogP contribution in [-0.4, -0.2) is 19.2 Å². The lowest BCUT2D eigenvalue weighted by Gasteiger charge is -2.32. The maximum absolute atomic E-state index is 13.7. The molecule has 1 heterocycles. The summed E-state index contributed by atoms with van der Waals surface area (Å²) in [5.74, 6) is -0.569. The number of hydrogen-bond donors (Lipinski definition) is 1. The highest BCUT2D eigenvalue weighted by Crippen LogP contribution is 2.28. The molecule has 0 saturated carbocycles. The molecule has 1 saturated heterocycles. The van der Waals surface area contributed by atoms with Gasteiger partial charge in [0, 0.05) is 13.1 Å². The Labute approximate surface area is 106 Å². The summed E-state index contributed by atoms with van der Waals surface area (Å²) < 4.78 is 33.2. The fourth-order valence-corrected chi connectivity index (χ4v) is 2.36. The molecule has 1 aliphatic rings. The maximum Gasteiger partial charge on any atom is 0.132 e. The summed E-state index contributed by atoms with van der Waals surface area (Å²) in [6.07, 6.45) is 0.367. The molecule has 2 unspecified atom stereocenters. The zero-order valence-corrected chi connectivity index (χ0v) is 10.7. The molecule has 2 atom stereocenters. The van der Waals surface area contributed by atoms with Crippen molar-refractivity contribution in [3.63, 3.8) is 0 Å². The molecule has 1 aromatic carbocycles. The van der Waals surface area contributed by atoms with Crippen molar-refractivity contribution in [2.45, 2.75) is 32.5 Å². The van der Waals surface area contributed by atoms with Crippen LogP contribution in [0, 0.1) is 17.6 Å². The third-order valence-electron chi connectivity index (χ3n) is 3.11. The number of benzene rings is 1. The van der Waals surface area contributed by atoms with Gasteiger partial charge < -0.3 is 10.1 Å². The molecule has 1 fully saturated rings. The lowest BCUT2D eigenvalue weighted by atomic mass is 10.0. The first-order chi connectivity index (χ1) is 8.58. The zero-order chi connectivity index (χ0) is 13.1. The van der Waals surface area contributed by atoms with Crippen LogP contribution in [0.3, 0.4) is 0 Å². The van der Waals surface area contributed by atoms with Crippen LogP contribution in [0.2, 0.25) is 0 Å². The predicted molar refractivity (Wildman–Crippen MR) is 66.3 cm³/mol. The van der Waals surface area contributed by atoms with Crippen LogP contribution in [0.5, 0.6) is 0 Å². The van der Waals surface area contributed by atoms with Crippen LogP contribution in [0.15, 0.2) is 18.2 Å². The quantitative estimate of drug-likeness (QED) is 0.896. The Morgan fingerprint density at radius 1 is 1.28 bits per heavy atom. The highest BCUT2D eigenvalue weighted by atomic mass is 19.1. The Morgan fingerprint density at radius 3 is 2.56 bits per heavy atom. The Balaban J connectivity index is 2.13. The van der Waals surface area contributed by atoms with Gasteiger partial charge in [-0.3, -0.25) is 0 Å². The summed E-state index contributed by atoms with van der Waals surface area (Å²) >= 11 is 0. The minimum Gasteiger partial charge on any atom is -0.367 e. The Hall–Kier alpha value is -1.00. The van der Waals surface area contributed by atoms with E-state index in [4.69, 9.17) is 4.74 Å². The van der Waals surface area contributed by atoms with Gasteiger partial charge in [0.15, 0.2) is 0 Å². The average molecular weight is 255 g/mol. The van der Waals surface area contributed by atoms with Crippen LogP contribution < -0.4 is 5.32 Å². The number of nitrogens with one attached hydrogen (secondary N) is 1. The van der Waals surface area contributed by atoms with Crippen molar-refractivity contribution in [3.05, 3.63) is 35.4 Å².